The van der Waals surface area contributed by atoms with Crippen molar-refractivity contribution in [3.8, 4) is 0 Å². The Kier molecular flexibility index (Phi) is 7.32. The van der Waals surface area contributed by atoms with E-state index < -0.39 is 31.3 Å². The number of carbonyl (C=O) groups excluding carboxylic acids is 3. The molecule has 136 valence electrons. The van der Waals surface area contributed by atoms with Crippen LogP contribution in [0.2, 0.25) is 0 Å². The molecule has 2 aromatic carbocycles. The van der Waals surface area contributed by atoms with Gasteiger partial charge in [-0.3, -0.25) is 4.79 Å². The Morgan fingerprint density at radius 3 is 2.15 bits per heavy atom. The zero-order valence-electron chi connectivity index (χ0n) is 14.0. The number of hydrogen-bond acceptors (Lipinski definition) is 6. The lowest BCUT2D eigenvalue weighted by Gasteiger charge is -2.15. The highest BCUT2D eigenvalue weighted by Crippen LogP contribution is 2.03. The molecule has 0 bridgehead atoms. The predicted molar refractivity (Wildman–Crippen MR) is 92.4 cm³/mol. The van der Waals surface area contributed by atoms with Gasteiger partial charge in [0.25, 0.3) is 0 Å². The number of ether oxygens (including phenoxy) is 2. The zero-order valence-corrected chi connectivity index (χ0v) is 14.0. The Bertz CT molecular complexity index is 732. The third kappa shape index (κ3) is 6.03. The van der Waals surface area contributed by atoms with Gasteiger partial charge >= 0.3 is 12.1 Å². The maximum atomic E-state index is 11.9. The van der Waals surface area contributed by atoms with Crippen molar-refractivity contribution < 1.29 is 29.0 Å². The summed E-state index contributed by atoms with van der Waals surface area (Å²) in [5.74, 6) is -1.31. The lowest BCUT2D eigenvalue weighted by atomic mass is 10.1. The molecule has 0 aromatic heterocycles. The maximum Gasteiger partial charge on any atom is 0.408 e. The molecule has 26 heavy (non-hydrogen) atoms. The van der Waals surface area contributed by atoms with Crippen LogP contribution in [0.25, 0.3) is 0 Å². The smallest absolute Gasteiger partial charge is 0.408 e. The Balaban J connectivity index is 1.78. The van der Waals surface area contributed by atoms with Crippen LogP contribution in [-0.4, -0.2) is 42.2 Å². The summed E-state index contributed by atoms with van der Waals surface area (Å²) >= 11 is 0. The first-order valence-electron chi connectivity index (χ1n) is 7.93. The largest absolute Gasteiger partial charge is 0.456 e. The van der Waals surface area contributed by atoms with Gasteiger partial charge in [0.15, 0.2) is 18.4 Å². The van der Waals surface area contributed by atoms with Crippen LogP contribution in [0, 0.1) is 0 Å². The summed E-state index contributed by atoms with van der Waals surface area (Å²) in [6, 6.07) is 16.0. The average Bonchev–Trinajstić information content (AvgIpc) is 2.69. The molecule has 0 saturated heterocycles. The Morgan fingerprint density at radius 2 is 1.54 bits per heavy atom. The monoisotopic (exact) mass is 357 g/mol. The molecule has 7 heteroatoms. The number of amides is 1. The minimum absolute atomic E-state index is 0.0202. The van der Waals surface area contributed by atoms with E-state index in [1.165, 1.54) is 0 Å². The van der Waals surface area contributed by atoms with E-state index in [0.717, 1.165) is 5.56 Å². The summed E-state index contributed by atoms with van der Waals surface area (Å²) in [5.41, 5.74) is 1.18. The number of rotatable bonds is 8. The number of Topliss-reactive ketones (excluding diaryl/α,β-unsaturated/α-hetero) is 1. The van der Waals surface area contributed by atoms with Crippen LogP contribution in [-0.2, 0) is 20.9 Å². The van der Waals surface area contributed by atoms with Crippen LogP contribution >= 0.6 is 0 Å². The molecule has 0 heterocycles. The highest BCUT2D eigenvalue weighted by atomic mass is 16.6. The van der Waals surface area contributed by atoms with Crippen LogP contribution in [0.3, 0.4) is 0 Å². The van der Waals surface area contributed by atoms with Crippen molar-refractivity contribution in [2.45, 2.75) is 12.6 Å². The van der Waals surface area contributed by atoms with Crippen molar-refractivity contribution in [2.24, 2.45) is 0 Å². The fourth-order valence-electron chi connectivity index (χ4n) is 2.03. The number of aliphatic hydroxyl groups excluding tert-OH is 1. The second-order valence-corrected chi connectivity index (χ2v) is 5.34. The van der Waals surface area contributed by atoms with Crippen molar-refractivity contribution >= 4 is 17.8 Å². The molecule has 0 spiro atoms. The quantitative estimate of drug-likeness (QED) is 0.551. The third-order valence-electron chi connectivity index (χ3n) is 3.41. The lowest BCUT2D eigenvalue weighted by molar-refractivity contribution is -0.145. The second-order valence-electron chi connectivity index (χ2n) is 5.34. The van der Waals surface area contributed by atoms with Crippen molar-refractivity contribution in [3.05, 3.63) is 71.8 Å². The molecule has 7 nitrogen and oxygen atoms in total. The fourth-order valence-corrected chi connectivity index (χ4v) is 2.03. The molecular weight excluding hydrogens is 338 g/mol. The van der Waals surface area contributed by atoms with Crippen molar-refractivity contribution in [1.82, 2.24) is 5.32 Å². The molecule has 0 aliphatic rings. The maximum absolute atomic E-state index is 11.9. The summed E-state index contributed by atoms with van der Waals surface area (Å²) in [7, 11) is 0. The SMILES string of the molecule is O=C(NC(CO)C(=O)OCC(=O)c1ccccc1)OCc1ccccc1. The number of carbonyl (C=O) groups is 3. The minimum Gasteiger partial charge on any atom is -0.456 e. The first-order valence-corrected chi connectivity index (χ1v) is 7.93. The van der Waals surface area contributed by atoms with Crippen LogP contribution in [0.5, 0.6) is 0 Å². The van der Waals surface area contributed by atoms with E-state index in [4.69, 9.17) is 9.47 Å². The normalized spacial score (nSPS) is 11.3. The van der Waals surface area contributed by atoms with E-state index >= 15 is 0 Å². The fraction of sp³-hybridized carbons (Fsp3) is 0.211. The van der Waals surface area contributed by atoms with Crippen molar-refractivity contribution in [3.63, 3.8) is 0 Å². The minimum atomic E-state index is -1.32. The number of alkyl carbamates (subject to hydrolysis) is 1. The zero-order chi connectivity index (χ0) is 18.8. The van der Waals surface area contributed by atoms with Crippen LogP contribution in [0.1, 0.15) is 15.9 Å². The van der Waals surface area contributed by atoms with Gasteiger partial charge < -0.3 is 19.9 Å². The molecule has 2 rings (SSSR count). The molecule has 2 aromatic rings. The highest BCUT2D eigenvalue weighted by molar-refractivity contribution is 5.98. The van der Waals surface area contributed by atoms with Gasteiger partial charge in [0, 0.05) is 5.56 Å². The summed E-state index contributed by atoms with van der Waals surface area (Å²) in [4.78, 5) is 35.5. The number of benzene rings is 2. The van der Waals surface area contributed by atoms with E-state index in [-0.39, 0.29) is 12.4 Å². The van der Waals surface area contributed by atoms with E-state index in [1.807, 2.05) is 6.07 Å². The molecule has 0 aliphatic heterocycles. The van der Waals surface area contributed by atoms with Gasteiger partial charge in [-0.25, -0.2) is 9.59 Å². The van der Waals surface area contributed by atoms with Crippen molar-refractivity contribution in [1.29, 1.82) is 0 Å². The van der Waals surface area contributed by atoms with Gasteiger partial charge in [-0.15, -0.1) is 0 Å². The van der Waals surface area contributed by atoms with Crippen LogP contribution in [0.15, 0.2) is 60.7 Å². The number of hydrogen-bond donors (Lipinski definition) is 2. The van der Waals surface area contributed by atoms with Gasteiger partial charge in [0.2, 0.25) is 0 Å². The molecule has 1 amide bonds. The molecule has 0 radical (unpaired) electrons. The molecule has 0 fully saturated rings. The summed E-state index contributed by atoms with van der Waals surface area (Å²) in [6.45, 7) is -1.15. The summed E-state index contributed by atoms with van der Waals surface area (Å²) < 4.78 is 9.83. The first kappa shape index (κ1) is 19.1. The average molecular weight is 357 g/mol. The van der Waals surface area contributed by atoms with Crippen LogP contribution in [0.4, 0.5) is 4.79 Å². The Morgan fingerprint density at radius 1 is 0.923 bits per heavy atom. The second kappa shape index (κ2) is 9.95. The van der Waals surface area contributed by atoms with Gasteiger partial charge in [-0.05, 0) is 5.56 Å². The van der Waals surface area contributed by atoms with Crippen molar-refractivity contribution in [2.75, 3.05) is 13.2 Å². The first-order chi connectivity index (χ1) is 12.6. The van der Waals surface area contributed by atoms with Crippen LogP contribution < -0.4 is 5.32 Å². The highest BCUT2D eigenvalue weighted by Gasteiger charge is 2.23. The van der Waals surface area contributed by atoms with Gasteiger partial charge in [-0.1, -0.05) is 60.7 Å². The number of aliphatic hydroxyl groups is 1. The summed E-state index contributed by atoms with van der Waals surface area (Å²) in [6.07, 6.45) is -0.876. The Labute approximate surface area is 150 Å². The summed E-state index contributed by atoms with van der Waals surface area (Å²) in [5, 5.41) is 11.5. The molecule has 1 atom stereocenters. The van der Waals surface area contributed by atoms with E-state index in [0.29, 0.717) is 5.56 Å². The number of nitrogens with one attached hydrogen (secondary N) is 1. The van der Waals surface area contributed by atoms with Gasteiger partial charge in [0.05, 0.1) is 6.61 Å². The van der Waals surface area contributed by atoms with E-state index in [9.17, 15) is 19.5 Å². The number of ketones is 1. The van der Waals surface area contributed by atoms with E-state index in [1.54, 1.807) is 54.6 Å². The topological polar surface area (TPSA) is 102 Å². The Hall–Kier alpha value is -3.19. The lowest BCUT2D eigenvalue weighted by Crippen LogP contribution is -2.45. The van der Waals surface area contributed by atoms with Gasteiger partial charge in [0.1, 0.15) is 6.61 Å². The molecular formula is C19H19NO6. The predicted octanol–water partition coefficient (Wildman–Crippen LogP) is 1.70. The van der Waals surface area contributed by atoms with Gasteiger partial charge in [-0.2, -0.15) is 0 Å². The molecule has 2 N–H and O–H groups in total. The molecule has 0 saturated carbocycles. The number of esters is 1. The molecule has 1 unspecified atom stereocenters. The standard InChI is InChI=1S/C19H19NO6/c21-11-16(20-19(24)26-12-14-7-3-1-4-8-14)18(23)25-13-17(22)15-9-5-2-6-10-15/h1-10,16,21H,11-13H2,(H,20,24). The van der Waals surface area contributed by atoms with E-state index in [2.05, 4.69) is 5.32 Å². The third-order valence-corrected chi connectivity index (χ3v) is 3.41. The molecule has 0 aliphatic carbocycles.